The van der Waals surface area contributed by atoms with Crippen LogP contribution in [0.3, 0.4) is 0 Å². The molecule has 0 aromatic heterocycles. The van der Waals surface area contributed by atoms with Crippen LogP contribution in [0, 0.1) is 0 Å². The van der Waals surface area contributed by atoms with Gasteiger partial charge in [-0.05, 0) is 31.0 Å². The van der Waals surface area contributed by atoms with Crippen LogP contribution in [0.2, 0.25) is 5.02 Å². The molecule has 0 aliphatic carbocycles. The number of benzene rings is 1. The first kappa shape index (κ1) is 18.7. The van der Waals surface area contributed by atoms with Gasteiger partial charge >= 0.3 is 0 Å². The number of nitrogens with one attached hydrogen (secondary N) is 2. The molecular formula is C19H25ClN4O3. The number of morpholine rings is 1. The van der Waals surface area contributed by atoms with Gasteiger partial charge in [0.25, 0.3) is 0 Å². The quantitative estimate of drug-likeness (QED) is 0.805. The van der Waals surface area contributed by atoms with Crippen molar-refractivity contribution >= 4 is 29.1 Å². The molecule has 1 aromatic carbocycles. The van der Waals surface area contributed by atoms with Crippen LogP contribution in [0.4, 0.5) is 5.69 Å². The molecule has 2 N–H and O–H groups in total. The zero-order valence-electron chi connectivity index (χ0n) is 15.4. The largest absolute Gasteiger partial charge is 0.376 e. The number of carbonyl (C=O) groups is 2. The van der Waals surface area contributed by atoms with Crippen molar-refractivity contribution in [1.82, 2.24) is 15.5 Å². The van der Waals surface area contributed by atoms with Crippen LogP contribution in [-0.2, 0) is 20.7 Å². The van der Waals surface area contributed by atoms with E-state index in [2.05, 4.69) is 15.5 Å². The first-order valence-electron chi connectivity index (χ1n) is 9.50. The highest BCUT2D eigenvalue weighted by atomic mass is 35.5. The molecule has 2 fully saturated rings. The number of hydrogen-bond donors (Lipinski definition) is 2. The van der Waals surface area contributed by atoms with E-state index >= 15 is 0 Å². The highest BCUT2D eigenvalue weighted by Crippen LogP contribution is 2.33. The van der Waals surface area contributed by atoms with Gasteiger partial charge in [0.15, 0.2) is 0 Å². The molecule has 3 unspecified atom stereocenters. The number of rotatable bonds is 3. The Morgan fingerprint density at radius 3 is 3.04 bits per heavy atom. The molecule has 3 heterocycles. The maximum atomic E-state index is 12.9. The van der Waals surface area contributed by atoms with E-state index in [1.807, 2.05) is 25.1 Å². The van der Waals surface area contributed by atoms with Crippen LogP contribution in [-0.4, -0.2) is 61.4 Å². The molecule has 146 valence electrons. The standard InChI is InChI=1S/C19H25ClN4O3/c1-12-11-23(7-8-27-12)17-10-18(25)22-16(21-17)9-19(26)24-6-5-13-14(20)3-2-4-15(13)24/h2-4,12,16-17,21H,5-11H2,1H3,(H,22,25). The number of fused-ring (bicyclic) bond motifs is 1. The maximum Gasteiger partial charge on any atom is 0.230 e. The summed E-state index contributed by atoms with van der Waals surface area (Å²) < 4.78 is 5.59. The zero-order chi connectivity index (χ0) is 19.0. The van der Waals surface area contributed by atoms with Crippen LogP contribution in [0.25, 0.3) is 0 Å². The van der Waals surface area contributed by atoms with Gasteiger partial charge in [0.1, 0.15) is 0 Å². The summed E-state index contributed by atoms with van der Waals surface area (Å²) in [6, 6.07) is 5.64. The zero-order valence-corrected chi connectivity index (χ0v) is 16.2. The van der Waals surface area contributed by atoms with E-state index in [1.165, 1.54) is 0 Å². The van der Waals surface area contributed by atoms with Crippen LogP contribution >= 0.6 is 11.6 Å². The van der Waals surface area contributed by atoms with Crippen molar-refractivity contribution in [2.24, 2.45) is 0 Å². The van der Waals surface area contributed by atoms with Crippen molar-refractivity contribution < 1.29 is 14.3 Å². The number of carbonyl (C=O) groups excluding carboxylic acids is 2. The van der Waals surface area contributed by atoms with E-state index in [4.69, 9.17) is 16.3 Å². The Morgan fingerprint density at radius 2 is 2.22 bits per heavy atom. The Kier molecular flexibility index (Phi) is 5.36. The Bertz CT molecular complexity index is 744. The summed E-state index contributed by atoms with van der Waals surface area (Å²) in [5.41, 5.74) is 1.90. The lowest BCUT2D eigenvalue weighted by atomic mass is 10.1. The van der Waals surface area contributed by atoms with Gasteiger partial charge in [-0.25, -0.2) is 0 Å². The third kappa shape index (κ3) is 3.96. The highest BCUT2D eigenvalue weighted by molar-refractivity contribution is 6.32. The van der Waals surface area contributed by atoms with E-state index in [-0.39, 0.29) is 36.7 Å². The van der Waals surface area contributed by atoms with Gasteiger partial charge < -0.3 is 15.0 Å². The van der Waals surface area contributed by atoms with E-state index in [1.54, 1.807) is 4.90 Å². The normalized spacial score (nSPS) is 28.7. The Labute approximate surface area is 164 Å². The average Bonchev–Trinajstić information content (AvgIpc) is 3.07. The van der Waals surface area contributed by atoms with Crippen LogP contribution in [0.15, 0.2) is 18.2 Å². The minimum Gasteiger partial charge on any atom is -0.376 e. The van der Waals surface area contributed by atoms with Crippen molar-refractivity contribution in [2.45, 2.75) is 44.6 Å². The van der Waals surface area contributed by atoms with Crippen molar-refractivity contribution in [3.8, 4) is 0 Å². The minimum absolute atomic E-state index is 0.00943. The van der Waals surface area contributed by atoms with Gasteiger partial charge in [-0.3, -0.25) is 19.8 Å². The topological polar surface area (TPSA) is 73.9 Å². The van der Waals surface area contributed by atoms with Gasteiger partial charge in [0.2, 0.25) is 11.8 Å². The first-order valence-corrected chi connectivity index (χ1v) is 9.88. The molecule has 0 bridgehead atoms. The Balaban J connectivity index is 1.41. The summed E-state index contributed by atoms with van der Waals surface area (Å²) >= 11 is 6.24. The molecule has 2 amide bonds. The van der Waals surface area contributed by atoms with Crippen molar-refractivity contribution in [2.75, 3.05) is 31.1 Å². The fourth-order valence-corrected chi connectivity index (χ4v) is 4.43. The lowest BCUT2D eigenvalue weighted by Crippen LogP contribution is -2.64. The Hall–Kier alpha value is -1.67. The third-order valence-corrected chi connectivity index (χ3v) is 5.83. The van der Waals surface area contributed by atoms with Gasteiger partial charge in [-0.1, -0.05) is 17.7 Å². The van der Waals surface area contributed by atoms with E-state index < -0.39 is 0 Å². The molecule has 3 atom stereocenters. The summed E-state index contributed by atoms with van der Waals surface area (Å²) in [4.78, 5) is 29.1. The van der Waals surface area contributed by atoms with E-state index in [9.17, 15) is 9.59 Å². The lowest BCUT2D eigenvalue weighted by Gasteiger charge is -2.41. The molecule has 0 radical (unpaired) electrons. The molecule has 7 nitrogen and oxygen atoms in total. The second kappa shape index (κ2) is 7.75. The number of anilines is 1. The van der Waals surface area contributed by atoms with Crippen LogP contribution in [0.5, 0.6) is 0 Å². The Morgan fingerprint density at radius 1 is 1.37 bits per heavy atom. The van der Waals surface area contributed by atoms with Crippen molar-refractivity contribution in [3.05, 3.63) is 28.8 Å². The molecule has 4 rings (SSSR count). The smallest absolute Gasteiger partial charge is 0.230 e. The molecule has 2 saturated heterocycles. The minimum atomic E-state index is -0.370. The van der Waals surface area contributed by atoms with Gasteiger partial charge in [0, 0.05) is 30.3 Å². The summed E-state index contributed by atoms with van der Waals surface area (Å²) in [5.74, 6) is -0.0367. The predicted molar refractivity (Wildman–Crippen MR) is 103 cm³/mol. The number of halogens is 1. The average molecular weight is 393 g/mol. The summed E-state index contributed by atoms with van der Waals surface area (Å²) in [6.07, 6.45) is 1.08. The van der Waals surface area contributed by atoms with E-state index in [0.29, 0.717) is 24.6 Å². The van der Waals surface area contributed by atoms with Gasteiger partial charge in [-0.2, -0.15) is 0 Å². The highest BCUT2D eigenvalue weighted by Gasteiger charge is 2.34. The van der Waals surface area contributed by atoms with Gasteiger partial charge in [-0.15, -0.1) is 0 Å². The number of hydrogen-bond acceptors (Lipinski definition) is 5. The maximum absolute atomic E-state index is 12.9. The molecule has 0 spiro atoms. The van der Waals surface area contributed by atoms with E-state index in [0.717, 1.165) is 30.8 Å². The molecule has 3 aliphatic heterocycles. The molecule has 1 aromatic rings. The SMILES string of the molecule is CC1CN(C2CC(=O)NC(CC(=O)N3CCc4c(Cl)cccc43)N2)CCO1. The predicted octanol–water partition coefficient (Wildman–Crippen LogP) is 1.10. The monoisotopic (exact) mass is 392 g/mol. The second-order valence-electron chi connectivity index (χ2n) is 7.42. The fourth-order valence-electron chi connectivity index (χ4n) is 4.17. The summed E-state index contributed by atoms with van der Waals surface area (Å²) in [7, 11) is 0. The number of nitrogens with zero attached hydrogens (tertiary/aromatic N) is 2. The number of ether oxygens (including phenoxy) is 1. The second-order valence-corrected chi connectivity index (χ2v) is 7.83. The lowest BCUT2D eigenvalue weighted by molar-refractivity contribution is -0.129. The summed E-state index contributed by atoms with van der Waals surface area (Å²) in [5, 5.41) is 7.04. The molecule has 3 aliphatic rings. The molecule has 0 saturated carbocycles. The molecular weight excluding hydrogens is 368 g/mol. The van der Waals surface area contributed by atoms with Crippen molar-refractivity contribution in [1.29, 1.82) is 0 Å². The van der Waals surface area contributed by atoms with Gasteiger partial charge in [0.05, 0.1) is 37.9 Å². The van der Waals surface area contributed by atoms with Crippen LogP contribution in [0.1, 0.15) is 25.3 Å². The summed E-state index contributed by atoms with van der Waals surface area (Å²) in [6.45, 7) is 4.89. The van der Waals surface area contributed by atoms with Crippen LogP contribution < -0.4 is 15.5 Å². The first-order chi connectivity index (χ1) is 13.0. The molecule has 8 heteroatoms. The fraction of sp³-hybridized carbons (Fsp3) is 0.579. The third-order valence-electron chi connectivity index (χ3n) is 5.47. The van der Waals surface area contributed by atoms with Crippen molar-refractivity contribution in [3.63, 3.8) is 0 Å². The number of amides is 2. The molecule has 27 heavy (non-hydrogen) atoms.